The average Bonchev–Trinajstić information content (AvgIpc) is 2.20. The minimum atomic E-state index is 0.374. The molecule has 1 aliphatic heterocycles. The Hall–Kier alpha value is -0.280. The zero-order valence-electron chi connectivity index (χ0n) is 7.40. The number of aromatic hydroxyl groups is 1. The molecular formula is C10H13OS2+. The van der Waals surface area contributed by atoms with Gasteiger partial charge in [-0.25, -0.2) is 0 Å². The Balaban J connectivity index is 2.10. The molecule has 0 unspecified atom stereocenters. The van der Waals surface area contributed by atoms with E-state index < -0.39 is 0 Å². The van der Waals surface area contributed by atoms with E-state index in [1.54, 1.807) is 12.1 Å². The van der Waals surface area contributed by atoms with Gasteiger partial charge in [0.1, 0.15) is 17.3 Å². The molecular weight excluding hydrogens is 200 g/mol. The fourth-order valence-corrected chi connectivity index (χ4v) is 5.35. The Morgan fingerprint density at radius 2 is 1.69 bits per heavy atom. The van der Waals surface area contributed by atoms with Gasteiger partial charge >= 0.3 is 0 Å². The maximum atomic E-state index is 9.15. The van der Waals surface area contributed by atoms with E-state index in [0.717, 1.165) is 0 Å². The van der Waals surface area contributed by atoms with Crippen molar-refractivity contribution < 1.29 is 5.11 Å². The molecule has 0 saturated carbocycles. The zero-order valence-corrected chi connectivity index (χ0v) is 9.03. The largest absolute Gasteiger partial charge is 0.508 e. The van der Waals surface area contributed by atoms with Gasteiger partial charge in [0.25, 0.3) is 0 Å². The SMILES string of the molecule is Oc1ccc([S+]2CCSCC2)cc1. The second-order valence-electron chi connectivity index (χ2n) is 3.01. The number of benzene rings is 1. The van der Waals surface area contributed by atoms with Crippen LogP contribution in [0.2, 0.25) is 0 Å². The second-order valence-corrected chi connectivity index (χ2v) is 6.51. The van der Waals surface area contributed by atoms with E-state index >= 15 is 0 Å². The molecule has 1 fully saturated rings. The van der Waals surface area contributed by atoms with Crippen molar-refractivity contribution in [3.8, 4) is 5.75 Å². The third kappa shape index (κ3) is 2.35. The molecule has 1 aromatic rings. The summed E-state index contributed by atoms with van der Waals surface area (Å²) in [5.41, 5.74) is 0. The van der Waals surface area contributed by atoms with E-state index in [9.17, 15) is 0 Å². The summed E-state index contributed by atoms with van der Waals surface area (Å²) >= 11 is 2.05. The van der Waals surface area contributed by atoms with E-state index in [1.807, 2.05) is 0 Å². The van der Waals surface area contributed by atoms with Crippen molar-refractivity contribution in [2.24, 2.45) is 0 Å². The summed E-state index contributed by atoms with van der Waals surface area (Å²) < 4.78 is 0. The first-order valence-corrected chi connectivity index (χ1v) is 7.12. The normalized spacial score (nSPS) is 18.8. The van der Waals surface area contributed by atoms with Gasteiger partial charge in [0.05, 0.1) is 0 Å². The zero-order chi connectivity index (χ0) is 9.10. The molecule has 0 aliphatic carbocycles. The van der Waals surface area contributed by atoms with Crippen LogP contribution < -0.4 is 0 Å². The molecule has 13 heavy (non-hydrogen) atoms. The summed E-state index contributed by atoms with van der Waals surface area (Å²) in [5.74, 6) is 5.59. The summed E-state index contributed by atoms with van der Waals surface area (Å²) in [7, 11) is 0.452. The van der Waals surface area contributed by atoms with Crippen molar-refractivity contribution in [2.45, 2.75) is 4.90 Å². The van der Waals surface area contributed by atoms with Crippen LogP contribution >= 0.6 is 11.8 Å². The molecule has 0 atom stereocenters. The van der Waals surface area contributed by atoms with Crippen LogP contribution in [0.15, 0.2) is 29.2 Å². The highest BCUT2D eigenvalue weighted by Crippen LogP contribution is 2.23. The van der Waals surface area contributed by atoms with E-state index in [4.69, 9.17) is 5.11 Å². The van der Waals surface area contributed by atoms with Crippen molar-refractivity contribution in [1.82, 2.24) is 0 Å². The summed E-state index contributed by atoms with van der Waals surface area (Å²) in [6.45, 7) is 0. The summed E-state index contributed by atoms with van der Waals surface area (Å²) in [6.07, 6.45) is 0. The first-order valence-electron chi connectivity index (χ1n) is 4.40. The van der Waals surface area contributed by atoms with Gasteiger partial charge < -0.3 is 5.11 Å². The summed E-state index contributed by atoms with van der Waals surface area (Å²) in [5, 5.41) is 9.15. The topological polar surface area (TPSA) is 20.2 Å². The quantitative estimate of drug-likeness (QED) is 0.721. The minimum absolute atomic E-state index is 0.374. The number of rotatable bonds is 1. The molecule has 0 aromatic heterocycles. The van der Waals surface area contributed by atoms with Crippen LogP contribution in [0.4, 0.5) is 0 Å². The lowest BCUT2D eigenvalue weighted by Crippen LogP contribution is -2.20. The monoisotopic (exact) mass is 213 g/mol. The van der Waals surface area contributed by atoms with Gasteiger partial charge in [-0.2, -0.15) is 11.8 Å². The van der Waals surface area contributed by atoms with Crippen LogP contribution in [0.25, 0.3) is 0 Å². The van der Waals surface area contributed by atoms with E-state index in [2.05, 4.69) is 23.9 Å². The lowest BCUT2D eigenvalue weighted by Gasteiger charge is -2.12. The fraction of sp³-hybridized carbons (Fsp3) is 0.400. The van der Waals surface area contributed by atoms with Gasteiger partial charge in [-0.05, 0) is 24.3 Å². The van der Waals surface area contributed by atoms with Gasteiger partial charge in [-0.1, -0.05) is 0 Å². The van der Waals surface area contributed by atoms with Crippen molar-refractivity contribution in [3.63, 3.8) is 0 Å². The number of hydrogen-bond donors (Lipinski definition) is 1. The lowest BCUT2D eigenvalue weighted by atomic mass is 10.3. The molecule has 1 saturated heterocycles. The van der Waals surface area contributed by atoms with E-state index in [0.29, 0.717) is 16.6 Å². The second kappa shape index (κ2) is 4.29. The molecule has 2 rings (SSSR count). The van der Waals surface area contributed by atoms with Gasteiger partial charge in [0.2, 0.25) is 0 Å². The predicted molar refractivity (Wildman–Crippen MR) is 60.8 cm³/mol. The van der Waals surface area contributed by atoms with Crippen LogP contribution in [0.5, 0.6) is 5.75 Å². The van der Waals surface area contributed by atoms with E-state index in [1.165, 1.54) is 27.9 Å². The van der Waals surface area contributed by atoms with Crippen molar-refractivity contribution in [1.29, 1.82) is 0 Å². The molecule has 0 bridgehead atoms. The standard InChI is InChI=1S/C10H12OS2/c11-9-1-3-10(4-2-9)13-7-5-12-6-8-13/h1-4H,5-8H2/p+1. The Morgan fingerprint density at radius 3 is 2.31 bits per heavy atom. The third-order valence-corrected chi connectivity index (χ3v) is 5.95. The Bertz CT molecular complexity index is 265. The van der Waals surface area contributed by atoms with Gasteiger partial charge in [0.15, 0.2) is 4.90 Å². The molecule has 0 amide bonds. The molecule has 1 heterocycles. The lowest BCUT2D eigenvalue weighted by molar-refractivity contribution is 0.475. The van der Waals surface area contributed by atoms with Crippen molar-refractivity contribution in [2.75, 3.05) is 23.0 Å². The van der Waals surface area contributed by atoms with Crippen LogP contribution in [0.3, 0.4) is 0 Å². The third-order valence-electron chi connectivity index (χ3n) is 2.12. The highest BCUT2D eigenvalue weighted by Gasteiger charge is 2.24. The molecule has 1 aliphatic rings. The van der Waals surface area contributed by atoms with Crippen molar-refractivity contribution >= 4 is 22.7 Å². The maximum Gasteiger partial charge on any atom is 0.155 e. The minimum Gasteiger partial charge on any atom is -0.508 e. The Labute approximate surface area is 85.9 Å². The number of thioether (sulfide) groups is 1. The summed E-state index contributed by atoms with van der Waals surface area (Å²) in [4.78, 5) is 1.41. The van der Waals surface area contributed by atoms with Crippen molar-refractivity contribution in [3.05, 3.63) is 24.3 Å². The highest BCUT2D eigenvalue weighted by atomic mass is 32.2. The van der Waals surface area contributed by atoms with Crippen LogP contribution in [0.1, 0.15) is 0 Å². The van der Waals surface area contributed by atoms with Gasteiger partial charge in [-0.3, -0.25) is 0 Å². The first-order chi connectivity index (χ1) is 6.36. The van der Waals surface area contributed by atoms with Crippen LogP contribution in [-0.4, -0.2) is 28.1 Å². The number of hydrogen-bond acceptors (Lipinski definition) is 2. The number of phenols is 1. The fourth-order valence-electron chi connectivity index (χ4n) is 1.40. The number of phenolic OH excluding ortho intramolecular Hbond substituents is 1. The first kappa shape index (κ1) is 9.28. The smallest absolute Gasteiger partial charge is 0.155 e. The molecule has 0 radical (unpaired) electrons. The van der Waals surface area contributed by atoms with Crippen LogP contribution in [0, 0.1) is 0 Å². The molecule has 3 heteroatoms. The molecule has 0 spiro atoms. The highest BCUT2D eigenvalue weighted by molar-refractivity contribution is 8.05. The van der Waals surface area contributed by atoms with Gasteiger partial charge in [-0.15, -0.1) is 0 Å². The Kier molecular flexibility index (Phi) is 3.06. The predicted octanol–water partition coefficient (Wildman–Crippen LogP) is 2.12. The Morgan fingerprint density at radius 1 is 1.08 bits per heavy atom. The molecule has 1 aromatic carbocycles. The van der Waals surface area contributed by atoms with E-state index in [-0.39, 0.29) is 0 Å². The van der Waals surface area contributed by atoms with Crippen LogP contribution in [-0.2, 0) is 10.9 Å². The average molecular weight is 213 g/mol. The molecule has 1 nitrogen and oxygen atoms in total. The van der Waals surface area contributed by atoms with Gasteiger partial charge in [0, 0.05) is 22.4 Å². The maximum absolute atomic E-state index is 9.15. The molecule has 1 N–H and O–H groups in total. The molecule has 70 valence electrons. The summed E-state index contributed by atoms with van der Waals surface area (Å²) in [6, 6.07) is 7.72.